The molecule has 6 rings (SSSR count). The number of likely N-dealkylation sites (N-methyl/N-ethyl adjacent to an activating group) is 1. The lowest BCUT2D eigenvalue weighted by molar-refractivity contribution is -0.133. The molecule has 10 nitrogen and oxygen atoms in total. The van der Waals surface area contributed by atoms with Crippen LogP contribution in [0.3, 0.4) is 0 Å². The summed E-state index contributed by atoms with van der Waals surface area (Å²) in [6, 6.07) is 8.10. The summed E-state index contributed by atoms with van der Waals surface area (Å²) in [5.74, 6) is -2.65. The Hall–Kier alpha value is -3.47. The van der Waals surface area contributed by atoms with E-state index in [1.807, 2.05) is 30.4 Å². The summed E-state index contributed by atoms with van der Waals surface area (Å²) in [4.78, 5) is 48.3. The molecular formula is C31H38N4O6S. The first-order valence-corrected chi connectivity index (χ1v) is 16.6. The van der Waals surface area contributed by atoms with Crippen molar-refractivity contribution in [3.05, 3.63) is 59.2 Å². The van der Waals surface area contributed by atoms with E-state index in [0.717, 1.165) is 49.8 Å². The van der Waals surface area contributed by atoms with Gasteiger partial charge in [-0.3, -0.25) is 19.1 Å². The number of nitrogens with one attached hydrogen (secondary N) is 2. The van der Waals surface area contributed by atoms with Crippen molar-refractivity contribution in [1.29, 1.82) is 0 Å². The topological polar surface area (TPSA) is 134 Å². The number of carbonyl (C=O) groups excluding carboxylic acids is 3. The average Bonchev–Trinajstić information content (AvgIpc) is 3.90. The lowest BCUT2D eigenvalue weighted by Gasteiger charge is -2.24. The number of allylic oxidation sites excluding steroid dienone is 1. The predicted molar refractivity (Wildman–Crippen MR) is 157 cm³/mol. The van der Waals surface area contributed by atoms with E-state index in [2.05, 4.69) is 21.3 Å². The summed E-state index contributed by atoms with van der Waals surface area (Å²) < 4.78 is 27.4. The maximum absolute atomic E-state index is 13.8. The minimum atomic E-state index is -3.79. The van der Waals surface area contributed by atoms with E-state index in [0.29, 0.717) is 31.4 Å². The van der Waals surface area contributed by atoms with E-state index < -0.39 is 44.6 Å². The molecule has 3 amide bonds. The van der Waals surface area contributed by atoms with E-state index in [1.54, 1.807) is 18.0 Å². The molecule has 224 valence electrons. The molecule has 1 aromatic rings. The minimum absolute atomic E-state index is 0.192. The number of carbonyl (C=O) groups is 3. The van der Waals surface area contributed by atoms with Gasteiger partial charge in [-0.1, -0.05) is 41.6 Å². The number of rotatable bonds is 5. The third-order valence-electron chi connectivity index (χ3n) is 9.05. The zero-order valence-electron chi connectivity index (χ0n) is 23.9. The van der Waals surface area contributed by atoms with Crippen molar-refractivity contribution in [3.63, 3.8) is 0 Å². The van der Waals surface area contributed by atoms with Gasteiger partial charge in [-0.25, -0.2) is 8.42 Å². The number of hydrogen-bond donors (Lipinski definition) is 2. The largest absolute Gasteiger partial charge is 0.388 e. The molecule has 1 heterocycles. The van der Waals surface area contributed by atoms with Gasteiger partial charge in [0, 0.05) is 37.1 Å². The zero-order chi connectivity index (χ0) is 29.5. The molecule has 42 heavy (non-hydrogen) atoms. The SMILES string of the molecule is CN1CCCC/C=C\[C@H]2C[C@@]2(C(=O)NS(=O)(=O)C2CC2)NC(=O)[C@@H]2C[C@@H](O/N=C3\CCCc4ccccc43)C=C2C1=O. The molecule has 2 N–H and O–H groups in total. The van der Waals surface area contributed by atoms with Crippen molar-refractivity contribution < 1.29 is 27.6 Å². The van der Waals surface area contributed by atoms with Gasteiger partial charge in [-0.2, -0.15) is 0 Å². The summed E-state index contributed by atoms with van der Waals surface area (Å²) in [7, 11) is -2.07. The number of aryl methyl sites for hydroxylation is 1. The maximum Gasteiger partial charge on any atom is 0.259 e. The zero-order valence-corrected chi connectivity index (χ0v) is 24.7. The van der Waals surface area contributed by atoms with Crippen LogP contribution in [0.2, 0.25) is 0 Å². The van der Waals surface area contributed by atoms with E-state index in [-0.39, 0.29) is 18.2 Å². The molecule has 0 radical (unpaired) electrons. The molecule has 1 aromatic carbocycles. The molecular weight excluding hydrogens is 556 g/mol. The highest BCUT2D eigenvalue weighted by Gasteiger charge is 2.61. The van der Waals surface area contributed by atoms with E-state index in [4.69, 9.17) is 4.84 Å². The second-order valence-electron chi connectivity index (χ2n) is 12.2. The number of nitrogens with zero attached hydrogens (tertiary/aromatic N) is 2. The van der Waals surface area contributed by atoms with Gasteiger partial charge in [-0.05, 0) is 69.4 Å². The molecule has 0 spiro atoms. The Morgan fingerprint density at radius 1 is 1.14 bits per heavy atom. The minimum Gasteiger partial charge on any atom is -0.388 e. The molecule has 11 heteroatoms. The van der Waals surface area contributed by atoms with Crippen molar-refractivity contribution in [1.82, 2.24) is 14.9 Å². The third-order valence-corrected chi connectivity index (χ3v) is 10.9. The molecule has 4 aliphatic carbocycles. The number of hydrogen-bond acceptors (Lipinski definition) is 7. The van der Waals surface area contributed by atoms with Gasteiger partial charge in [0.05, 0.1) is 16.9 Å². The van der Waals surface area contributed by atoms with E-state index in [1.165, 1.54) is 5.56 Å². The molecule has 0 bridgehead atoms. The Morgan fingerprint density at radius 3 is 2.76 bits per heavy atom. The summed E-state index contributed by atoms with van der Waals surface area (Å²) in [6.07, 6.45) is 11.6. The quantitative estimate of drug-likeness (QED) is 0.398. The summed E-state index contributed by atoms with van der Waals surface area (Å²) in [5, 5.41) is 6.79. The van der Waals surface area contributed by atoms with Crippen LogP contribution in [0.15, 0.2) is 53.2 Å². The molecule has 2 fully saturated rings. The number of fused-ring (bicyclic) bond motifs is 3. The standard InChI is InChI=1S/C31H38N4O6S/c1-35-16-7-3-2-4-11-21-19-31(21,30(38)34-42(39,40)23-14-15-23)32-28(36)25-17-22(18-26(25)29(35)37)41-33-27-13-8-10-20-9-5-6-12-24(20)27/h4-6,9,11-12,18,21-23,25H,2-3,7-8,10,13-17,19H2,1H3,(H,32,36)(H,34,38)/b11-4-,33-27+/t21-,22+,25+,31+/m0/s1. The Morgan fingerprint density at radius 2 is 1.95 bits per heavy atom. The van der Waals surface area contributed by atoms with Gasteiger partial charge in [0.25, 0.3) is 5.91 Å². The lowest BCUT2D eigenvalue weighted by Crippen LogP contribution is -2.54. The van der Waals surface area contributed by atoms with Gasteiger partial charge in [-0.15, -0.1) is 0 Å². The first-order chi connectivity index (χ1) is 20.2. The van der Waals surface area contributed by atoms with Gasteiger partial charge < -0.3 is 15.1 Å². The molecule has 1 aliphatic heterocycles. The highest BCUT2D eigenvalue weighted by Crippen LogP contribution is 2.46. The first-order valence-electron chi connectivity index (χ1n) is 15.0. The Kier molecular flexibility index (Phi) is 7.72. The Labute approximate surface area is 246 Å². The monoisotopic (exact) mass is 594 g/mol. The Balaban J connectivity index is 1.25. The van der Waals surface area contributed by atoms with Crippen LogP contribution < -0.4 is 10.0 Å². The van der Waals surface area contributed by atoms with E-state index in [9.17, 15) is 22.8 Å². The van der Waals surface area contributed by atoms with Crippen LogP contribution in [0.1, 0.15) is 68.9 Å². The van der Waals surface area contributed by atoms with Crippen LogP contribution >= 0.6 is 0 Å². The average molecular weight is 595 g/mol. The lowest BCUT2D eigenvalue weighted by atomic mass is 9.90. The van der Waals surface area contributed by atoms with Crippen LogP contribution in [0, 0.1) is 11.8 Å². The van der Waals surface area contributed by atoms with Gasteiger partial charge in [0.1, 0.15) is 11.6 Å². The van der Waals surface area contributed by atoms with Crippen molar-refractivity contribution >= 4 is 33.5 Å². The fraction of sp³-hybridized carbons (Fsp3) is 0.548. The van der Waals surface area contributed by atoms with Gasteiger partial charge in [0.2, 0.25) is 21.8 Å². The maximum atomic E-state index is 13.8. The number of sulfonamides is 1. The second-order valence-corrected chi connectivity index (χ2v) is 14.2. The summed E-state index contributed by atoms with van der Waals surface area (Å²) in [5.41, 5.74) is 2.07. The number of benzene rings is 1. The molecule has 0 aromatic heterocycles. The number of amides is 3. The molecule has 5 aliphatic rings. The highest BCUT2D eigenvalue weighted by molar-refractivity contribution is 7.91. The molecule has 4 atom stereocenters. The van der Waals surface area contributed by atoms with Crippen LogP contribution in [-0.2, 0) is 35.7 Å². The van der Waals surface area contributed by atoms with Crippen LogP contribution in [0.4, 0.5) is 0 Å². The van der Waals surface area contributed by atoms with Crippen molar-refractivity contribution in [2.75, 3.05) is 13.6 Å². The first kappa shape index (κ1) is 28.6. The van der Waals surface area contributed by atoms with Gasteiger partial charge >= 0.3 is 0 Å². The summed E-state index contributed by atoms with van der Waals surface area (Å²) >= 11 is 0. The smallest absolute Gasteiger partial charge is 0.259 e. The van der Waals surface area contributed by atoms with Crippen molar-refractivity contribution in [3.8, 4) is 0 Å². The predicted octanol–water partition coefficient (Wildman–Crippen LogP) is 2.74. The fourth-order valence-electron chi connectivity index (χ4n) is 6.28. The van der Waals surface area contributed by atoms with Gasteiger partial charge in [0.15, 0.2) is 0 Å². The second kappa shape index (κ2) is 11.3. The van der Waals surface area contributed by atoms with Crippen LogP contribution in [0.25, 0.3) is 0 Å². The highest BCUT2D eigenvalue weighted by atomic mass is 32.2. The number of oxime groups is 1. The van der Waals surface area contributed by atoms with Crippen molar-refractivity contribution in [2.24, 2.45) is 17.0 Å². The fourth-order valence-corrected chi connectivity index (χ4v) is 7.64. The molecule has 2 saturated carbocycles. The van der Waals surface area contributed by atoms with Crippen LogP contribution in [-0.4, -0.2) is 67.2 Å². The van der Waals surface area contributed by atoms with Crippen LogP contribution in [0.5, 0.6) is 0 Å². The Bertz CT molecular complexity index is 1480. The van der Waals surface area contributed by atoms with Crippen molar-refractivity contribution in [2.45, 2.75) is 81.1 Å². The third kappa shape index (κ3) is 5.75. The normalized spacial score (nSPS) is 31.5. The summed E-state index contributed by atoms with van der Waals surface area (Å²) in [6.45, 7) is 0.553. The molecule has 0 unspecified atom stereocenters. The molecule has 0 saturated heterocycles. The van der Waals surface area contributed by atoms with E-state index >= 15 is 0 Å².